The van der Waals surface area contributed by atoms with Crippen LogP contribution in [0, 0.1) is 5.41 Å². The number of guanidine groups is 1. The molecule has 1 atom stereocenters. The van der Waals surface area contributed by atoms with E-state index in [0.29, 0.717) is 12.0 Å². The minimum Gasteiger partial charge on any atom is -0.444 e. The van der Waals surface area contributed by atoms with E-state index in [0.717, 1.165) is 44.8 Å². The lowest BCUT2D eigenvalue weighted by Crippen LogP contribution is -2.50. The van der Waals surface area contributed by atoms with Gasteiger partial charge in [-0.15, -0.1) is 0 Å². The number of carbonyl (C=O) groups is 1. The van der Waals surface area contributed by atoms with Crippen LogP contribution in [0.2, 0.25) is 0 Å². The highest BCUT2D eigenvalue weighted by molar-refractivity contribution is 5.80. The normalized spacial score (nSPS) is 17.2. The summed E-state index contributed by atoms with van der Waals surface area (Å²) in [5.74, 6) is 0.783. The van der Waals surface area contributed by atoms with E-state index >= 15 is 0 Å². The Morgan fingerprint density at radius 2 is 1.96 bits per heavy atom. The number of nitrogens with zero attached hydrogens (tertiary/aromatic N) is 1. The average Bonchev–Trinajstić information content (AvgIpc) is 3.37. The van der Waals surface area contributed by atoms with Crippen molar-refractivity contribution in [2.24, 2.45) is 10.4 Å². The quantitative estimate of drug-likeness (QED) is 0.377. The van der Waals surface area contributed by atoms with Crippen LogP contribution in [-0.4, -0.2) is 57.5 Å². The Hall–Kier alpha value is -1.50. The largest absolute Gasteiger partial charge is 0.444 e. The SMILES string of the molecule is CCCCC(CNC(=O)OC(C)(C)C)NC(=NC)NCC1(CCOC)CC1. The molecule has 0 bridgehead atoms. The summed E-state index contributed by atoms with van der Waals surface area (Å²) in [5, 5.41) is 9.77. The second kappa shape index (κ2) is 11.4. The monoisotopic (exact) mass is 384 g/mol. The van der Waals surface area contributed by atoms with Crippen LogP contribution in [0.15, 0.2) is 4.99 Å². The van der Waals surface area contributed by atoms with Crippen molar-refractivity contribution < 1.29 is 14.3 Å². The molecule has 1 unspecified atom stereocenters. The molecular weight excluding hydrogens is 344 g/mol. The molecule has 0 aromatic carbocycles. The first kappa shape index (κ1) is 23.5. The van der Waals surface area contributed by atoms with Crippen LogP contribution in [0.1, 0.15) is 66.2 Å². The van der Waals surface area contributed by atoms with Gasteiger partial charge in [0, 0.05) is 39.9 Å². The summed E-state index contributed by atoms with van der Waals surface area (Å²) < 4.78 is 10.5. The molecule has 0 aromatic rings. The lowest BCUT2D eigenvalue weighted by Gasteiger charge is -2.25. The number of ether oxygens (including phenoxy) is 2. The third kappa shape index (κ3) is 10.4. The topological polar surface area (TPSA) is 84.0 Å². The van der Waals surface area contributed by atoms with E-state index < -0.39 is 5.60 Å². The van der Waals surface area contributed by atoms with E-state index in [-0.39, 0.29) is 12.1 Å². The molecule has 1 aliphatic rings. The number of hydrogen-bond acceptors (Lipinski definition) is 4. The standard InChI is InChI=1S/C20H40N4O3/c1-7-8-9-16(14-22-18(25)27-19(2,3)4)24-17(21-5)23-15-20(10-11-20)12-13-26-6/h16H,7-15H2,1-6H3,(H,22,25)(H2,21,23,24). The van der Waals surface area contributed by atoms with Crippen LogP contribution < -0.4 is 16.0 Å². The number of methoxy groups -OCH3 is 1. The van der Waals surface area contributed by atoms with Crippen molar-refractivity contribution in [3.63, 3.8) is 0 Å². The van der Waals surface area contributed by atoms with Gasteiger partial charge in [-0.2, -0.15) is 0 Å². The highest BCUT2D eigenvalue weighted by Crippen LogP contribution is 2.48. The number of alkyl carbamates (subject to hydrolysis) is 1. The van der Waals surface area contributed by atoms with Gasteiger partial charge in [0.05, 0.1) is 0 Å². The molecule has 0 heterocycles. The van der Waals surface area contributed by atoms with Crippen molar-refractivity contribution in [3.05, 3.63) is 0 Å². The predicted octanol–water partition coefficient (Wildman–Crippen LogP) is 3.05. The van der Waals surface area contributed by atoms with Gasteiger partial charge >= 0.3 is 6.09 Å². The Bertz CT molecular complexity index is 470. The number of aliphatic imine (C=N–C) groups is 1. The first-order valence-electron chi connectivity index (χ1n) is 10.2. The Kier molecular flexibility index (Phi) is 9.91. The zero-order valence-electron chi connectivity index (χ0n) is 18.1. The molecule has 0 aromatic heterocycles. The molecule has 0 radical (unpaired) electrons. The molecule has 0 spiro atoms. The van der Waals surface area contributed by atoms with Crippen molar-refractivity contribution in [3.8, 4) is 0 Å². The average molecular weight is 385 g/mol. The second-order valence-electron chi connectivity index (χ2n) is 8.53. The molecule has 158 valence electrons. The van der Waals surface area contributed by atoms with E-state index in [9.17, 15) is 4.79 Å². The lowest BCUT2D eigenvalue weighted by molar-refractivity contribution is 0.0523. The van der Waals surface area contributed by atoms with E-state index in [1.807, 2.05) is 20.8 Å². The van der Waals surface area contributed by atoms with E-state index in [4.69, 9.17) is 9.47 Å². The Morgan fingerprint density at radius 1 is 1.26 bits per heavy atom. The molecule has 0 saturated heterocycles. The summed E-state index contributed by atoms with van der Waals surface area (Å²) in [6, 6.07) is 0.109. The smallest absolute Gasteiger partial charge is 0.407 e. The van der Waals surface area contributed by atoms with Gasteiger partial charge in [0.15, 0.2) is 5.96 Å². The molecule has 27 heavy (non-hydrogen) atoms. The summed E-state index contributed by atoms with van der Waals surface area (Å²) >= 11 is 0. The van der Waals surface area contributed by atoms with E-state index in [2.05, 4.69) is 27.9 Å². The highest BCUT2D eigenvalue weighted by atomic mass is 16.6. The van der Waals surface area contributed by atoms with Gasteiger partial charge in [-0.1, -0.05) is 19.8 Å². The van der Waals surface area contributed by atoms with Gasteiger partial charge in [0.2, 0.25) is 0 Å². The number of unbranched alkanes of at least 4 members (excludes halogenated alkanes) is 1. The predicted molar refractivity (Wildman–Crippen MR) is 110 cm³/mol. The molecule has 7 nitrogen and oxygen atoms in total. The van der Waals surface area contributed by atoms with Gasteiger partial charge in [0.25, 0.3) is 0 Å². The zero-order chi connectivity index (χ0) is 20.3. The molecule has 1 saturated carbocycles. The molecule has 1 aliphatic carbocycles. The molecule has 3 N–H and O–H groups in total. The number of carbonyl (C=O) groups excluding carboxylic acids is 1. The van der Waals surface area contributed by atoms with Crippen molar-refractivity contribution in [2.75, 3.05) is 33.9 Å². The number of hydrogen-bond donors (Lipinski definition) is 3. The Morgan fingerprint density at radius 3 is 2.48 bits per heavy atom. The van der Waals surface area contributed by atoms with Crippen LogP contribution in [0.4, 0.5) is 4.79 Å². The minimum absolute atomic E-state index is 0.109. The van der Waals surface area contributed by atoms with Crippen LogP contribution in [0.5, 0.6) is 0 Å². The maximum atomic E-state index is 11.9. The zero-order valence-corrected chi connectivity index (χ0v) is 18.1. The van der Waals surface area contributed by atoms with Crippen LogP contribution in [0.25, 0.3) is 0 Å². The van der Waals surface area contributed by atoms with Crippen LogP contribution >= 0.6 is 0 Å². The maximum Gasteiger partial charge on any atom is 0.407 e. The van der Waals surface area contributed by atoms with Crippen molar-refractivity contribution >= 4 is 12.1 Å². The third-order valence-corrected chi connectivity index (χ3v) is 4.79. The highest BCUT2D eigenvalue weighted by Gasteiger charge is 2.41. The number of amides is 1. The molecule has 0 aliphatic heterocycles. The fourth-order valence-corrected chi connectivity index (χ4v) is 2.87. The summed E-state index contributed by atoms with van der Waals surface area (Å²) in [6.07, 6.45) is 6.32. The fourth-order valence-electron chi connectivity index (χ4n) is 2.87. The third-order valence-electron chi connectivity index (χ3n) is 4.79. The Balaban J connectivity index is 2.48. The van der Waals surface area contributed by atoms with Crippen LogP contribution in [0.3, 0.4) is 0 Å². The first-order valence-corrected chi connectivity index (χ1v) is 10.2. The van der Waals surface area contributed by atoms with Gasteiger partial charge in [-0.25, -0.2) is 4.79 Å². The molecule has 1 fully saturated rings. The number of nitrogens with one attached hydrogen (secondary N) is 3. The number of rotatable bonds is 11. The summed E-state index contributed by atoms with van der Waals surface area (Å²) in [5.41, 5.74) is -0.143. The molecule has 1 amide bonds. The molecular formula is C20H40N4O3. The van der Waals surface area contributed by atoms with Crippen LogP contribution in [-0.2, 0) is 9.47 Å². The van der Waals surface area contributed by atoms with Gasteiger partial charge < -0.3 is 25.4 Å². The summed E-state index contributed by atoms with van der Waals surface area (Å²) in [4.78, 5) is 16.3. The second-order valence-corrected chi connectivity index (χ2v) is 8.53. The summed E-state index contributed by atoms with van der Waals surface area (Å²) in [6.45, 7) is 9.96. The minimum atomic E-state index is -0.491. The first-order chi connectivity index (χ1) is 12.7. The van der Waals surface area contributed by atoms with Gasteiger partial charge in [-0.3, -0.25) is 4.99 Å². The Labute approximate surface area is 165 Å². The molecule has 7 heteroatoms. The van der Waals surface area contributed by atoms with Gasteiger partial charge in [-0.05, 0) is 51.9 Å². The molecule has 1 rings (SSSR count). The van der Waals surface area contributed by atoms with Gasteiger partial charge in [0.1, 0.15) is 5.60 Å². The van der Waals surface area contributed by atoms with E-state index in [1.165, 1.54) is 12.8 Å². The van der Waals surface area contributed by atoms with Crippen molar-refractivity contribution in [2.45, 2.75) is 77.9 Å². The maximum absolute atomic E-state index is 11.9. The fraction of sp³-hybridized carbons (Fsp3) is 0.900. The summed E-state index contributed by atoms with van der Waals surface area (Å²) in [7, 11) is 3.53. The van der Waals surface area contributed by atoms with Crippen molar-refractivity contribution in [1.29, 1.82) is 0 Å². The van der Waals surface area contributed by atoms with E-state index in [1.54, 1.807) is 14.2 Å². The lowest BCUT2D eigenvalue weighted by atomic mass is 10.0. The van der Waals surface area contributed by atoms with Crippen molar-refractivity contribution in [1.82, 2.24) is 16.0 Å².